The third kappa shape index (κ3) is 4.68. The molecule has 4 heteroatoms. The molecule has 0 heterocycles. The summed E-state index contributed by atoms with van der Waals surface area (Å²) in [6.07, 6.45) is -0.210. The second kappa shape index (κ2) is 9.35. The first kappa shape index (κ1) is 20.5. The van der Waals surface area contributed by atoms with Crippen molar-refractivity contribution in [3.8, 4) is 0 Å². The number of nitrogen functional groups attached to an aromatic ring is 1. The maximum Gasteiger partial charge on any atom is 0.0814 e. The lowest BCUT2D eigenvalue weighted by Gasteiger charge is -2.21. The minimum absolute atomic E-state index is 0.123. The quantitative estimate of drug-likeness (QED) is 0.197. The highest BCUT2D eigenvalue weighted by Gasteiger charge is 2.13. The zero-order chi connectivity index (χ0) is 20.9. The average molecular weight is 414 g/mol. The lowest BCUT2D eigenvalue weighted by atomic mass is 10.0. The van der Waals surface area contributed by atoms with Gasteiger partial charge in [-0.3, -0.25) is 5.32 Å². The van der Waals surface area contributed by atoms with Gasteiger partial charge in [-0.05, 0) is 41.1 Å². The zero-order valence-electron chi connectivity index (χ0n) is 17.1. The van der Waals surface area contributed by atoms with Gasteiger partial charge in [0.05, 0.1) is 11.9 Å². The number of fused-ring (bicyclic) bond motifs is 1. The van der Waals surface area contributed by atoms with Gasteiger partial charge in [0.25, 0.3) is 0 Å². The molecule has 2 atom stereocenters. The molecule has 4 rings (SSSR count). The van der Waals surface area contributed by atoms with Crippen LogP contribution in [-0.2, 0) is 5.75 Å². The maximum absolute atomic E-state index is 6.51. The molecule has 30 heavy (non-hydrogen) atoms. The minimum Gasteiger partial charge on any atom is -0.397 e. The summed E-state index contributed by atoms with van der Waals surface area (Å²) in [7, 11) is 0. The molecule has 152 valence electrons. The van der Waals surface area contributed by atoms with E-state index < -0.39 is 0 Å². The molecule has 0 saturated carbocycles. The Bertz CT molecular complexity index is 1110. The SMILES string of the molecule is CC(NC(N)c1ccccc1)c1ccc2c(N)c(SCc3ccccc3)ccc2c1. The van der Waals surface area contributed by atoms with Crippen molar-refractivity contribution in [3.63, 3.8) is 0 Å². The second-order valence-electron chi connectivity index (χ2n) is 7.51. The summed E-state index contributed by atoms with van der Waals surface area (Å²) in [4.78, 5) is 1.12. The summed E-state index contributed by atoms with van der Waals surface area (Å²) < 4.78 is 0. The largest absolute Gasteiger partial charge is 0.397 e. The fraction of sp³-hybridized carbons (Fsp3) is 0.154. The molecule has 0 spiro atoms. The molecule has 2 unspecified atom stereocenters. The van der Waals surface area contributed by atoms with Crippen molar-refractivity contribution >= 4 is 28.2 Å². The van der Waals surface area contributed by atoms with Gasteiger partial charge in [0.2, 0.25) is 0 Å². The number of thioether (sulfide) groups is 1. The number of rotatable bonds is 7. The molecule has 0 aliphatic carbocycles. The van der Waals surface area contributed by atoms with Crippen molar-refractivity contribution in [1.82, 2.24) is 5.32 Å². The molecule has 5 N–H and O–H groups in total. The Balaban J connectivity index is 1.50. The summed E-state index contributed by atoms with van der Waals surface area (Å²) in [6.45, 7) is 2.14. The van der Waals surface area contributed by atoms with Crippen LogP contribution in [0, 0.1) is 0 Å². The van der Waals surface area contributed by atoms with Crippen molar-refractivity contribution in [2.75, 3.05) is 5.73 Å². The number of nitrogens with two attached hydrogens (primary N) is 2. The van der Waals surface area contributed by atoms with Crippen LogP contribution < -0.4 is 16.8 Å². The average Bonchev–Trinajstić information content (AvgIpc) is 2.79. The van der Waals surface area contributed by atoms with Crippen LogP contribution in [0.25, 0.3) is 10.8 Å². The van der Waals surface area contributed by atoms with Crippen LogP contribution in [0.1, 0.15) is 35.8 Å². The third-order valence-corrected chi connectivity index (χ3v) is 6.52. The van der Waals surface area contributed by atoms with Crippen LogP contribution in [0.15, 0.2) is 95.9 Å². The summed E-state index contributed by atoms with van der Waals surface area (Å²) in [5.74, 6) is 0.910. The Morgan fingerprint density at radius 1 is 0.833 bits per heavy atom. The fourth-order valence-corrected chi connectivity index (χ4v) is 4.55. The fourth-order valence-electron chi connectivity index (χ4n) is 3.61. The van der Waals surface area contributed by atoms with Gasteiger partial charge in [-0.2, -0.15) is 0 Å². The van der Waals surface area contributed by atoms with Gasteiger partial charge in [0.15, 0.2) is 0 Å². The summed E-state index contributed by atoms with van der Waals surface area (Å²) in [6, 6.07) is 31.4. The number of nitrogens with one attached hydrogen (secondary N) is 1. The molecule has 0 amide bonds. The van der Waals surface area contributed by atoms with Crippen molar-refractivity contribution in [3.05, 3.63) is 108 Å². The van der Waals surface area contributed by atoms with E-state index in [4.69, 9.17) is 11.5 Å². The Morgan fingerprint density at radius 2 is 1.53 bits per heavy atom. The molecule has 0 aliphatic heterocycles. The van der Waals surface area contributed by atoms with Crippen LogP contribution in [-0.4, -0.2) is 0 Å². The highest BCUT2D eigenvalue weighted by atomic mass is 32.2. The normalized spacial score (nSPS) is 13.3. The molecule has 0 aromatic heterocycles. The molecule has 0 fully saturated rings. The van der Waals surface area contributed by atoms with E-state index >= 15 is 0 Å². The number of anilines is 1. The van der Waals surface area contributed by atoms with Crippen LogP contribution >= 0.6 is 11.8 Å². The first-order chi connectivity index (χ1) is 14.6. The van der Waals surface area contributed by atoms with E-state index in [1.165, 1.54) is 11.1 Å². The predicted octanol–water partition coefficient (Wildman–Crippen LogP) is 6.02. The predicted molar refractivity (Wildman–Crippen MR) is 129 cm³/mol. The molecular formula is C26H27N3S. The van der Waals surface area contributed by atoms with Crippen molar-refractivity contribution in [2.45, 2.75) is 29.8 Å². The topological polar surface area (TPSA) is 64.1 Å². The Labute approximate surface area is 182 Å². The molecule has 0 radical (unpaired) electrons. The van der Waals surface area contributed by atoms with Crippen LogP contribution in [0.5, 0.6) is 0 Å². The number of benzene rings is 4. The van der Waals surface area contributed by atoms with E-state index in [0.717, 1.165) is 32.7 Å². The van der Waals surface area contributed by atoms with E-state index in [2.05, 4.69) is 66.8 Å². The highest BCUT2D eigenvalue weighted by molar-refractivity contribution is 7.98. The van der Waals surface area contributed by atoms with Crippen LogP contribution in [0.4, 0.5) is 5.69 Å². The number of hydrogen-bond donors (Lipinski definition) is 3. The monoisotopic (exact) mass is 413 g/mol. The summed E-state index contributed by atoms with van der Waals surface area (Å²) >= 11 is 1.78. The van der Waals surface area contributed by atoms with Gasteiger partial charge in [-0.25, -0.2) is 0 Å². The Morgan fingerprint density at radius 3 is 2.27 bits per heavy atom. The Kier molecular flexibility index (Phi) is 6.38. The van der Waals surface area contributed by atoms with Gasteiger partial charge in [0, 0.05) is 22.1 Å². The molecule has 0 saturated heterocycles. The number of hydrogen-bond acceptors (Lipinski definition) is 4. The second-order valence-corrected chi connectivity index (χ2v) is 8.53. The first-order valence-electron chi connectivity index (χ1n) is 10.2. The van der Waals surface area contributed by atoms with Crippen molar-refractivity contribution in [2.24, 2.45) is 5.73 Å². The summed E-state index contributed by atoms with van der Waals surface area (Å²) in [5, 5.41) is 5.73. The lowest BCUT2D eigenvalue weighted by Crippen LogP contribution is -2.30. The first-order valence-corrected chi connectivity index (χ1v) is 11.2. The van der Waals surface area contributed by atoms with Gasteiger partial charge in [0.1, 0.15) is 0 Å². The van der Waals surface area contributed by atoms with Gasteiger partial charge < -0.3 is 11.5 Å². The van der Waals surface area contributed by atoms with Crippen LogP contribution in [0.2, 0.25) is 0 Å². The van der Waals surface area contributed by atoms with E-state index in [-0.39, 0.29) is 12.2 Å². The van der Waals surface area contributed by atoms with Crippen LogP contribution in [0.3, 0.4) is 0 Å². The van der Waals surface area contributed by atoms with E-state index in [9.17, 15) is 0 Å². The van der Waals surface area contributed by atoms with E-state index in [1.54, 1.807) is 11.8 Å². The van der Waals surface area contributed by atoms with E-state index in [0.29, 0.717) is 0 Å². The molecule has 3 nitrogen and oxygen atoms in total. The lowest BCUT2D eigenvalue weighted by molar-refractivity contribution is 0.479. The minimum atomic E-state index is -0.210. The Hall–Kier alpha value is -2.79. The maximum atomic E-state index is 6.51. The van der Waals surface area contributed by atoms with Gasteiger partial charge >= 0.3 is 0 Å². The molecule has 0 bridgehead atoms. The zero-order valence-corrected chi connectivity index (χ0v) is 17.9. The standard InChI is InChI=1S/C26H27N3S/c1-18(29-26(28)20-10-6-3-7-11-20)21-12-14-23-22(16-21)13-15-24(25(23)27)30-17-19-8-4-2-5-9-19/h2-16,18,26,29H,17,27-28H2,1H3. The van der Waals surface area contributed by atoms with E-state index in [1.807, 2.05) is 36.4 Å². The molecular weight excluding hydrogens is 386 g/mol. The third-order valence-electron chi connectivity index (χ3n) is 5.37. The van der Waals surface area contributed by atoms with Crippen molar-refractivity contribution < 1.29 is 0 Å². The molecule has 4 aromatic rings. The van der Waals surface area contributed by atoms with Gasteiger partial charge in [-0.15, -0.1) is 11.8 Å². The summed E-state index contributed by atoms with van der Waals surface area (Å²) in [5.41, 5.74) is 17.3. The molecule has 0 aliphatic rings. The smallest absolute Gasteiger partial charge is 0.0814 e. The molecule has 4 aromatic carbocycles. The van der Waals surface area contributed by atoms with Crippen molar-refractivity contribution in [1.29, 1.82) is 0 Å². The highest BCUT2D eigenvalue weighted by Crippen LogP contribution is 2.35. The van der Waals surface area contributed by atoms with Gasteiger partial charge in [-0.1, -0.05) is 78.9 Å².